The second kappa shape index (κ2) is 4.10. The van der Waals surface area contributed by atoms with Crippen molar-refractivity contribution < 1.29 is 9.15 Å². The Morgan fingerprint density at radius 2 is 2.00 bits per heavy atom. The molecule has 0 spiro atoms. The van der Waals surface area contributed by atoms with E-state index in [0.717, 1.165) is 36.5 Å². The number of pyridine rings is 1. The Kier molecular flexibility index (Phi) is 2.46. The van der Waals surface area contributed by atoms with Gasteiger partial charge in [-0.2, -0.15) is 0 Å². The van der Waals surface area contributed by atoms with Gasteiger partial charge in [0.05, 0.1) is 0 Å². The summed E-state index contributed by atoms with van der Waals surface area (Å²) in [5.41, 5.74) is 1.05. The smallest absolute Gasteiger partial charge is 0.134 e. The molecule has 3 heteroatoms. The minimum absolute atomic E-state index is 0.149. The summed E-state index contributed by atoms with van der Waals surface area (Å²) in [6, 6.07) is 7.88. The number of furan rings is 1. The third-order valence-electron chi connectivity index (χ3n) is 2.84. The molecule has 16 heavy (non-hydrogen) atoms. The first-order valence-electron chi connectivity index (χ1n) is 5.55. The summed E-state index contributed by atoms with van der Waals surface area (Å²) in [7, 11) is 0. The van der Waals surface area contributed by atoms with Crippen LogP contribution in [-0.2, 0) is 4.74 Å². The highest BCUT2D eigenvalue weighted by atomic mass is 16.5. The largest absolute Gasteiger partial charge is 0.458 e. The lowest BCUT2D eigenvalue weighted by atomic mass is 10.2. The molecule has 0 aliphatic carbocycles. The second-order valence-corrected chi connectivity index (χ2v) is 3.94. The van der Waals surface area contributed by atoms with Gasteiger partial charge in [0.2, 0.25) is 0 Å². The zero-order valence-electron chi connectivity index (χ0n) is 8.93. The molecule has 0 radical (unpaired) electrons. The van der Waals surface area contributed by atoms with Crippen molar-refractivity contribution in [3.05, 3.63) is 42.4 Å². The number of ether oxygens (including phenoxy) is 1. The van der Waals surface area contributed by atoms with Crippen molar-refractivity contribution in [2.75, 3.05) is 6.61 Å². The minimum atomic E-state index is 0.149. The molecule has 2 aromatic heterocycles. The monoisotopic (exact) mass is 215 g/mol. The lowest BCUT2D eigenvalue weighted by molar-refractivity contribution is 0.0941. The standard InChI is InChI=1S/C13H13NO2/c1-2-12(15-9-1)13-4-3-11(16-13)10-5-7-14-8-6-10/h3-8,12H,1-2,9H2. The van der Waals surface area contributed by atoms with Crippen molar-refractivity contribution in [1.82, 2.24) is 4.98 Å². The number of rotatable bonds is 2. The lowest BCUT2D eigenvalue weighted by Crippen LogP contribution is -1.92. The van der Waals surface area contributed by atoms with E-state index in [1.54, 1.807) is 12.4 Å². The molecular weight excluding hydrogens is 202 g/mol. The number of hydrogen-bond donors (Lipinski definition) is 0. The average Bonchev–Trinajstić information content (AvgIpc) is 3.01. The van der Waals surface area contributed by atoms with Gasteiger partial charge in [0.1, 0.15) is 17.6 Å². The maximum absolute atomic E-state index is 5.80. The Morgan fingerprint density at radius 3 is 2.75 bits per heavy atom. The zero-order chi connectivity index (χ0) is 10.8. The van der Waals surface area contributed by atoms with Gasteiger partial charge in [0.25, 0.3) is 0 Å². The number of hydrogen-bond acceptors (Lipinski definition) is 3. The molecule has 82 valence electrons. The molecule has 0 amide bonds. The first kappa shape index (κ1) is 9.60. The summed E-state index contributed by atoms with van der Waals surface area (Å²) in [6.45, 7) is 0.843. The van der Waals surface area contributed by atoms with E-state index in [0.29, 0.717) is 0 Å². The van der Waals surface area contributed by atoms with E-state index in [9.17, 15) is 0 Å². The molecule has 1 fully saturated rings. The topological polar surface area (TPSA) is 35.3 Å². The van der Waals surface area contributed by atoms with Gasteiger partial charge in [0.15, 0.2) is 0 Å². The molecule has 1 aliphatic heterocycles. The first-order valence-corrected chi connectivity index (χ1v) is 5.55. The van der Waals surface area contributed by atoms with E-state index in [1.165, 1.54) is 0 Å². The van der Waals surface area contributed by atoms with Gasteiger partial charge in [0, 0.05) is 24.6 Å². The van der Waals surface area contributed by atoms with Crippen LogP contribution in [0.25, 0.3) is 11.3 Å². The minimum Gasteiger partial charge on any atom is -0.458 e. The molecule has 3 rings (SSSR count). The van der Waals surface area contributed by atoms with Crippen LogP contribution in [0.2, 0.25) is 0 Å². The summed E-state index contributed by atoms with van der Waals surface area (Å²) < 4.78 is 11.4. The van der Waals surface area contributed by atoms with Crippen molar-refractivity contribution in [3.63, 3.8) is 0 Å². The fourth-order valence-electron chi connectivity index (χ4n) is 2.00. The van der Waals surface area contributed by atoms with E-state index in [1.807, 2.05) is 24.3 Å². The molecule has 0 N–H and O–H groups in total. The van der Waals surface area contributed by atoms with Crippen LogP contribution in [0.15, 0.2) is 41.1 Å². The zero-order valence-corrected chi connectivity index (χ0v) is 8.93. The van der Waals surface area contributed by atoms with E-state index in [2.05, 4.69) is 4.98 Å². The van der Waals surface area contributed by atoms with Gasteiger partial charge in [-0.25, -0.2) is 0 Å². The Balaban J connectivity index is 1.87. The van der Waals surface area contributed by atoms with Crippen LogP contribution in [0, 0.1) is 0 Å². The van der Waals surface area contributed by atoms with Crippen LogP contribution in [0.1, 0.15) is 24.7 Å². The van der Waals surface area contributed by atoms with Gasteiger partial charge in [-0.05, 0) is 37.1 Å². The highest BCUT2D eigenvalue weighted by molar-refractivity contribution is 5.56. The second-order valence-electron chi connectivity index (χ2n) is 3.94. The molecule has 0 saturated carbocycles. The molecule has 1 atom stereocenters. The third-order valence-corrected chi connectivity index (χ3v) is 2.84. The summed E-state index contributed by atoms with van der Waals surface area (Å²) in [5, 5.41) is 0. The first-order chi connectivity index (χ1) is 7.93. The molecule has 1 saturated heterocycles. The Morgan fingerprint density at radius 1 is 1.12 bits per heavy atom. The molecule has 0 aromatic carbocycles. The quantitative estimate of drug-likeness (QED) is 0.771. The van der Waals surface area contributed by atoms with Gasteiger partial charge in [-0.3, -0.25) is 4.98 Å². The van der Waals surface area contributed by atoms with E-state index < -0.39 is 0 Å². The van der Waals surface area contributed by atoms with Gasteiger partial charge in [-0.1, -0.05) is 0 Å². The van der Waals surface area contributed by atoms with Crippen molar-refractivity contribution >= 4 is 0 Å². The lowest BCUT2D eigenvalue weighted by Gasteiger charge is -2.04. The molecule has 3 heterocycles. The maximum atomic E-state index is 5.80. The molecular formula is C13H13NO2. The predicted molar refractivity (Wildman–Crippen MR) is 59.9 cm³/mol. The molecule has 1 aliphatic rings. The normalized spacial score (nSPS) is 20.1. The summed E-state index contributed by atoms with van der Waals surface area (Å²) in [5.74, 6) is 1.82. The van der Waals surface area contributed by atoms with Crippen molar-refractivity contribution in [2.45, 2.75) is 18.9 Å². The Bertz CT molecular complexity index is 458. The molecule has 3 nitrogen and oxygen atoms in total. The van der Waals surface area contributed by atoms with Gasteiger partial charge in [-0.15, -0.1) is 0 Å². The third kappa shape index (κ3) is 1.74. The maximum Gasteiger partial charge on any atom is 0.134 e. The molecule has 1 unspecified atom stereocenters. The Hall–Kier alpha value is -1.61. The van der Waals surface area contributed by atoms with E-state index in [-0.39, 0.29) is 6.10 Å². The van der Waals surface area contributed by atoms with Crippen LogP contribution in [0.5, 0.6) is 0 Å². The summed E-state index contributed by atoms with van der Waals surface area (Å²) in [6.07, 6.45) is 5.86. The van der Waals surface area contributed by atoms with Crippen LogP contribution in [0.4, 0.5) is 0 Å². The fraction of sp³-hybridized carbons (Fsp3) is 0.308. The van der Waals surface area contributed by atoms with E-state index in [4.69, 9.17) is 9.15 Å². The molecule has 0 bridgehead atoms. The van der Waals surface area contributed by atoms with Crippen LogP contribution in [-0.4, -0.2) is 11.6 Å². The Labute approximate surface area is 94.1 Å². The van der Waals surface area contributed by atoms with Crippen LogP contribution in [0.3, 0.4) is 0 Å². The predicted octanol–water partition coefficient (Wildman–Crippen LogP) is 3.19. The highest BCUT2D eigenvalue weighted by Gasteiger charge is 2.21. The van der Waals surface area contributed by atoms with Crippen molar-refractivity contribution in [1.29, 1.82) is 0 Å². The number of aromatic nitrogens is 1. The average molecular weight is 215 g/mol. The summed E-state index contributed by atoms with van der Waals surface area (Å²) >= 11 is 0. The molecule has 2 aromatic rings. The van der Waals surface area contributed by atoms with Crippen LogP contribution >= 0.6 is 0 Å². The van der Waals surface area contributed by atoms with Crippen LogP contribution < -0.4 is 0 Å². The SMILES string of the molecule is c1cc(-c2ccc(C3CCCO3)o2)ccn1. The van der Waals surface area contributed by atoms with E-state index >= 15 is 0 Å². The number of nitrogens with zero attached hydrogens (tertiary/aromatic N) is 1. The van der Waals surface area contributed by atoms with Gasteiger partial charge >= 0.3 is 0 Å². The summed E-state index contributed by atoms with van der Waals surface area (Å²) in [4.78, 5) is 3.99. The van der Waals surface area contributed by atoms with Crippen molar-refractivity contribution in [2.24, 2.45) is 0 Å². The highest BCUT2D eigenvalue weighted by Crippen LogP contribution is 2.32. The fourth-order valence-corrected chi connectivity index (χ4v) is 2.00. The van der Waals surface area contributed by atoms with Crippen molar-refractivity contribution in [3.8, 4) is 11.3 Å². The van der Waals surface area contributed by atoms with Gasteiger partial charge < -0.3 is 9.15 Å².